The number of amides is 2. The van der Waals surface area contributed by atoms with Gasteiger partial charge in [-0.1, -0.05) is 26.3 Å². The maximum absolute atomic E-state index is 12.5. The second-order valence-corrected chi connectivity index (χ2v) is 6.70. The smallest absolute Gasteiger partial charge is 0.339 e. The molecule has 3 N–H and O–H groups in total. The molecule has 0 saturated carbocycles. The zero-order valence-corrected chi connectivity index (χ0v) is 17.8. The minimum absolute atomic E-state index is 0.0245. The fourth-order valence-electron chi connectivity index (χ4n) is 2.96. The average molecular weight is 408 g/mol. The summed E-state index contributed by atoms with van der Waals surface area (Å²) in [4.78, 5) is 35.8. The van der Waals surface area contributed by atoms with E-state index < -0.39 is 12.0 Å². The Hall–Kier alpha value is -2.77. The zero-order valence-electron chi connectivity index (χ0n) is 17.8. The van der Waals surface area contributed by atoms with Crippen molar-refractivity contribution in [3.8, 4) is 11.5 Å². The summed E-state index contributed by atoms with van der Waals surface area (Å²) < 4.78 is 11.0. The topological polar surface area (TPSA) is 114 Å². The van der Waals surface area contributed by atoms with Gasteiger partial charge in [-0.15, -0.1) is 0 Å². The lowest BCUT2D eigenvalue weighted by Crippen LogP contribution is -2.50. The quantitative estimate of drug-likeness (QED) is 0.489. The van der Waals surface area contributed by atoms with E-state index in [1.54, 1.807) is 19.1 Å². The Balaban J connectivity index is 2.97. The van der Waals surface area contributed by atoms with Gasteiger partial charge in [-0.05, 0) is 37.8 Å². The zero-order chi connectivity index (χ0) is 22.0. The third-order valence-corrected chi connectivity index (χ3v) is 4.56. The van der Waals surface area contributed by atoms with Crippen molar-refractivity contribution >= 4 is 17.8 Å². The van der Waals surface area contributed by atoms with Crippen LogP contribution in [0.2, 0.25) is 0 Å². The van der Waals surface area contributed by atoms with Crippen LogP contribution in [0.5, 0.6) is 11.5 Å². The molecule has 1 aromatic carbocycles. The molecular formula is C21H32N2O6. The highest BCUT2D eigenvalue weighted by Gasteiger charge is 2.25. The molecule has 1 aromatic rings. The van der Waals surface area contributed by atoms with Crippen molar-refractivity contribution in [2.45, 2.75) is 53.5 Å². The van der Waals surface area contributed by atoms with E-state index in [1.165, 1.54) is 6.92 Å². The van der Waals surface area contributed by atoms with Gasteiger partial charge in [-0.2, -0.15) is 0 Å². The molecule has 8 nitrogen and oxygen atoms in total. The fraction of sp³-hybridized carbons (Fsp3) is 0.571. The van der Waals surface area contributed by atoms with Crippen molar-refractivity contribution in [2.24, 2.45) is 5.92 Å². The molecule has 1 rings (SSSR count). The Morgan fingerprint density at radius 3 is 2.28 bits per heavy atom. The lowest BCUT2D eigenvalue weighted by Gasteiger charge is -2.23. The van der Waals surface area contributed by atoms with Crippen LogP contribution in [-0.4, -0.2) is 48.7 Å². The molecule has 0 aliphatic heterocycles. The molecule has 0 spiro atoms. The van der Waals surface area contributed by atoms with E-state index in [0.717, 1.165) is 6.42 Å². The van der Waals surface area contributed by atoms with E-state index >= 15 is 0 Å². The molecule has 0 aliphatic carbocycles. The molecule has 2 amide bonds. The monoisotopic (exact) mass is 408 g/mol. The van der Waals surface area contributed by atoms with Gasteiger partial charge in [0.2, 0.25) is 11.8 Å². The second kappa shape index (κ2) is 11.9. The first-order valence-electron chi connectivity index (χ1n) is 9.96. The van der Waals surface area contributed by atoms with E-state index in [9.17, 15) is 19.5 Å². The lowest BCUT2D eigenvalue weighted by molar-refractivity contribution is -0.129. The van der Waals surface area contributed by atoms with E-state index in [4.69, 9.17) is 9.47 Å². The normalized spacial score (nSPS) is 12.6. The first-order chi connectivity index (χ1) is 13.8. The molecule has 8 heteroatoms. The average Bonchev–Trinajstić information content (AvgIpc) is 2.67. The number of carbonyl (C=O) groups is 3. The second-order valence-electron chi connectivity index (χ2n) is 6.70. The van der Waals surface area contributed by atoms with Crippen molar-refractivity contribution in [1.29, 1.82) is 0 Å². The maximum Gasteiger partial charge on any atom is 0.339 e. The molecule has 0 bridgehead atoms. The fourth-order valence-corrected chi connectivity index (χ4v) is 2.96. The van der Waals surface area contributed by atoms with Gasteiger partial charge >= 0.3 is 5.97 Å². The lowest BCUT2D eigenvalue weighted by atomic mass is 9.98. The van der Waals surface area contributed by atoms with E-state index in [2.05, 4.69) is 10.6 Å². The number of hydrogen-bond donors (Lipinski definition) is 3. The first-order valence-corrected chi connectivity index (χ1v) is 9.96. The highest BCUT2D eigenvalue weighted by molar-refractivity contribution is 5.94. The van der Waals surface area contributed by atoms with Crippen molar-refractivity contribution in [3.63, 3.8) is 0 Å². The Morgan fingerprint density at radius 2 is 1.76 bits per heavy atom. The molecule has 162 valence electrons. The summed E-state index contributed by atoms with van der Waals surface area (Å²) in [6, 6.07) is 2.72. The van der Waals surface area contributed by atoms with E-state index in [-0.39, 0.29) is 35.6 Å². The Kier molecular flexibility index (Phi) is 9.99. The highest BCUT2D eigenvalue weighted by atomic mass is 16.5. The van der Waals surface area contributed by atoms with Crippen molar-refractivity contribution in [3.05, 3.63) is 23.3 Å². The van der Waals surface area contributed by atoms with Crippen molar-refractivity contribution < 1.29 is 29.0 Å². The molecule has 0 fully saturated rings. The summed E-state index contributed by atoms with van der Waals surface area (Å²) in [5.74, 6) is -1.13. The standard InChI is InChI=1S/C21H32N2O6/c1-6-13(4)18(23-14(5)24)20(25)22-12-11-15-9-10-16(28-7-2)19(29-8-3)17(15)21(26)27/h9-10,13,18H,6-8,11-12H2,1-5H3,(H,22,25)(H,23,24)(H,26,27)/t13?,18-/m0/s1. The largest absolute Gasteiger partial charge is 0.490 e. The van der Waals surface area contributed by atoms with Crippen LogP contribution in [0.1, 0.15) is 57.0 Å². The number of benzene rings is 1. The highest BCUT2D eigenvalue weighted by Crippen LogP contribution is 2.34. The van der Waals surface area contributed by atoms with Crippen LogP contribution in [-0.2, 0) is 16.0 Å². The first kappa shape index (κ1) is 24.3. The predicted octanol–water partition coefficient (Wildman–Crippen LogP) is 2.39. The maximum atomic E-state index is 12.5. The molecule has 0 aliphatic rings. The Morgan fingerprint density at radius 1 is 1.10 bits per heavy atom. The van der Waals surface area contributed by atoms with Gasteiger partial charge in [0.25, 0.3) is 0 Å². The third-order valence-electron chi connectivity index (χ3n) is 4.56. The summed E-state index contributed by atoms with van der Waals surface area (Å²) in [6.07, 6.45) is 1.03. The van der Waals surface area contributed by atoms with Crippen molar-refractivity contribution in [2.75, 3.05) is 19.8 Å². The minimum atomic E-state index is -1.12. The van der Waals surface area contributed by atoms with Crippen LogP contribution < -0.4 is 20.1 Å². The molecular weight excluding hydrogens is 376 g/mol. The Bertz CT molecular complexity index is 719. The molecule has 2 atom stereocenters. The van der Waals surface area contributed by atoms with Gasteiger partial charge < -0.3 is 25.2 Å². The van der Waals surface area contributed by atoms with E-state index in [1.807, 2.05) is 20.8 Å². The summed E-state index contributed by atoms with van der Waals surface area (Å²) in [7, 11) is 0. The van der Waals surface area contributed by atoms with Crippen LogP contribution in [0.3, 0.4) is 0 Å². The Labute approximate surface area is 172 Å². The molecule has 29 heavy (non-hydrogen) atoms. The number of nitrogens with one attached hydrogen (secondary N) is 2. The van der Waals surface area contributed by atoms with Crippen LogP contribution in [0.4, 0.5) is 0 Å². The van der Waals surface area contributed by atoms with Gasteiger partial charge in [-0.3, -0.25) is 9.59 Å². The van der Waals surface area contributed by atoms with Gasteiger partial charge in [-0.25, -0.2) is 4.79 Å². The number of ether oxygens (including phenoxy) is 2. The molecule has 0 radical (unpaired) electrons. The van der Waals surface area contributed by atoms with Crippen LogP contribution in [0.15, 0.2) is 12.1 Å². The van der Waals surface area contributed by atoms with Gasteiger partial charge in [0, 0.05) is 13.5 Å². The molecule has 1 unspecified atom stereocenters. The van der Waals surface area contributed by atoms with Crippen LogP contribution >= 0.6 is 0 Å². The molecule has 0 aromatic heterocycles. The number of carboxylic acid groups (broad SMARTS) is 1. The number of hydrogen-bond acceptors (Lipinski definition) is 5. The minimum Gasteiger partial charge on any atom is -0.490 e. The van der Waals surface area contributed by atoms with Crippen LogP contribution in [0.25, 0.3) is 0 Å². The number of rotatable bonds is 12. The van der Waals surface area contributed by atoms with Gasteiger partial charge in [0.15, 0.2) is 11.5 Å². The predicted molar refractivity (Wildman–Crippen MR) is 110 cm³/mol. The molecule has 0 saturated heterocycles. The number of carbonyl (C=O) groups excluding carboxylic acids is 2. The SMILES string of the molecule is CCOc1ccc(CCNC(=O)[C@@H](NC(C)=O)C(C)CC)c(C(=O)O)c1OCC. The summed E-state index contributed by atoms with van der Waals surface area (Å²) in [6.45, 7) is 9.70. The summed E-state index contributed by atoms with van der Waals surface area (Å²) in [5, 5.41) is 15.2. The number of carboxylic acids is 1. The number of aromatic carboxylic acids is 1. The van der Waals surface area contributed by atoms with E-state index in [0.29, 0.717) is 30.9 Å². The van der Waals surface area contributed by atoms with Crippen molar-refractivity contribution in [1.82, 2.24) is 10.6 Å². The third kappa shape index (κ3) is 6.96. The van der Waals surface area contributed by atoms with Gasteiger partial charge in [0.1, 0.15) is 11.6 Å². The summed E-state index contributed by atoms with van der Waals surface area (Å²) in [5.41, 5.74) is 0.566. The van der Waals surface area contributed by atoms with Gasteiger partial charge in [0.05, 0.1) is 13.2 Å². The summed E-state index contributed by atoms with van der Waals surface area (Å²) >= 11 is 0. The van der Waals surface area contributed by atoms with Crippen LogP contribution in [0, 0.1) is 5.92 Å². The molecule has 0 heterocycles.